The molecule has 2 N–H and O–H groups in total. The van der Waals surface area contributed by atoms with E-state index in [1.807, 2.05) is 0 Å². The van der Waals surface area contributed by atoms with Crippen molar-refractivity contribution in [2.45, 2.75) is 50.9 Å². The number of methoxy groups -OCH3 is 2. The van der Waals surface area contributed by atoms with E-state index in [0.717, 1.165) is 12.8 Å². The van der Waals surface area contributed by atoms with E-state index in [1.165, 1.54) is 11.1 Å². The SMILES string of the molecule is CC[C@H](COC)N[C@@H](c1ccccc1)[C@@H](N[C@H](CC)COC)c1ccccc1. The quantitative estimate of drug-likeness (QED) is 0.534. The van der Waals surface area contributed by atoms with Crippen LogP contribution in [0.25, 0.3) is 0 Å². The van der Waals surface area contributed by atoms with Gasteiger partial charge in [-0.3, -0.25) is 0 Å². The van der Waals surface area contributed by atoms with Gasteiger partial charge in [0, 0.05) is 26.3 Å². The first-order valence-electron chi connectivity index (χ1n) is 10.3. The van der Waals surface area contributed by atoms with Crippen LogP contribution >= 0.6 is 0 Å². The van der Waals surface area contributed by atoms with E-state index in [9.17, 15) is 0 Å². The first-order valence-corrected chi connectivity index (χ1v) is 10.3. The van der Waals surface area contributed by atoms with Crippen molar-refractivity contribution in [1.29, 1.82) is 0 Å². The molecule has 4 nitrogen and oxygen atoms in total. The Kier molecular flexibility index (Phi) is 10.2. The zero-order valence-corrected chi connectivity index (χ0v) is 17.7. The van der Waals surface area contributed by atoms with Crippen LogP contribution in [0, 0.1) is 0 Å². The molecule has 0 radical (unpaired) electrons. The Labute approximate surface area is 170 Å². The summed E-state index contributed by atoms with van der Waals surface area (Å²) in [5.41, 5.74) is 2.54. The summed E-state index contributed by atoms with van der Waals surface area (Å²) < 4.78 is 10.9. The van der Waals surface area contributed by atoms with E-state index in [2.05, 4.69) is 85.1 Å². The predicted octanol–water partition coefficient (Wildman–Crippen LogP) is 4.50. The normalized spacial score (nSPS) is 15.7. The maximum absolute atomic E-state index is 5.46. The highest BCUT2D eigenvalue weighted by atomic mass is 16.5. The molecule has 0 heterocycles. The summed E-state index contributed by atoms with van der Waals surface area (Å²) in [5.74, 6) is 0. The molecule has 0 bridgehead atoms. The van der Waals surface area contributed by atoms with Gasteiger partial charge in [0.25, 0.3) is 0 Å². The first-order chi connectivity index (χ1) is 13.7. The smallest absolute Gasteiger partial charge is 0.0615 e. The van der Waals surface area contributed by atoms with Crippen LogP contribution in [-0.2, 0) is 9.47 Å². The van der Waals surface area contributed by atoms with Crippen molar-refractivity contribution in [3.05, 3.63) is 71.8 Å². The molecule has 2 aromatic rings. The lowest BCUT2D eigenvalue weighted by molar-refractivity contribution is 0.139. The Morgan fingerprint density at radius 3 is 1.29 bits per heavy atom. The van der Waals surface area contributed by atoms with Gasteiger partial charge in [-0.05, 0) is 24.0 Å². The minimum atomic E-state index is 0.120. The molecule has 4 heteroatoms. The van der Waals surface area contributed by atoms with E-state index in [0.29, 0.717) is 13.2 Å². The fourth-order valence-electron chi connectivity index (χ4n) is 3.57. The van der Waals surface area contributed by atoms with Crippen LogP contribution in [0.15, 0.2) is 60.7 Å². The molecule has 0 saturated heterocycles. The van der Waals surface area contributed by atoms with Crippen molar-refractivity contribution in [3.8, 4) is 0 Å². The van der Waals surface area contributed by atoms with E-state index in [4.69, 9.17) is 9.47 Å². The zero-order chi connectivity index (χ0) is 20.2. The van der Waals surface area contributed by atoms with Crippen LogP contribution in [0.4, 0.5) is 0 Å². The average molecular weight is 385 g/mol. The molecule has 0 unspecified atom stereocenters. The molecular weight excluding hydrogens is 348 g/mol. The topological polar surface area (TPSA) is 42.5 Å². The minimum absolute atomic E-state index is 0.120. The zero-order valence-electron chi connectivity index (χ0n) is 17.7. The summed E-state index contributed by atoms with van der Waals surface area (Å²) >= 11 is 0. The summed E-state index contributed by atoms with van der Waals surface area (Å²) in [5, 5.41) is 7.73. The molecule has 2 aromatic carbocycles. The van der Waals surface area contributed by atoms with E-state index in [-0.39, 0.29) is 24.2 Å². The highest BCUT2D eigenvalue weighted by Crippen LogP contribution is 2.30. The van der Waals surface area contributed by atoms with Crippen molar-refractivity contribution >= 4 is 0 Å². The van der Waals surface area contributed by atoms with Crippen LogP contribution in [0.3, 0.4) is 0 Å². The van der Waals surface area contributed by atoms with Gasteiger partial charge in [-0.2, -0.15) is 0 Å². The van der Waals surface area contributed by atoms with Crippen molar-refractivity contribution in [2.24, 2.45) is 0 Å². The monoisotopic (exact) mass is 384 g/mol. The maximum Gasteiger partial charge on any atom is 0.0615 e. The van der Waals surface area contributed by atoms with Crippen LogP contribution in [0.1, 0.15) is 49.9 Å². The third kappa shape index (κ3) is 6.71. The Balaban J connectivity index is 2.41. The number of ether oxygens (including phenoxy) is 2. The summed E-state index contributed by atoms with van der Waals surface area (Å²) in [7, 11) is 3.53. The van der Waals surface area contributed by atoms with Gasteiger partial charge in [0.2, 0.25) is 0 Å². The Morgan fingerprint density at radius 1 is 0.643 bits per heavy atom. The number of nitrogens with one attached hydrogen (secondary N) is 2. The fourth-order valence-corrected chi connectivity index (χ4v) is 3.57. The summed E-state index contributed by atoms with van der Waals surface area (Å²) in [6.07, 6.45) is 2.02. The van der Waals surface area contributed by atoms with Gasteiger partial charge in [0.05, 0.1) is 25.3 Å². The molecule has 154 valence electrons. The maximum atomic E-state index is 5.46. The van der Waals surface area contributed by atoms with Gasteiger partial charge in [-0.15, -0.1) is 0 Å². The van der Waals surface area contributed by atoms with Crippen LogP contribution in [0.2, 0.25) is 0 Å². The second kappa shape index (κ2) is 12.7. The minimum Gasteiger partial charge on any atom is -0.383 e. The van der Waals surface area contributed by atoms with Crippen molar-refractivity contribution in [3.63, 3.8) is 0 Å². The third-order valence-electron chi connectivity index (χ3n) is 5.20. The Hall–Kier alpha value is -1.72. The molecule has 0 spiro atoms. The van der Waals surface area contributed by atoms with Gasteiger partial charge in [-0.25, -0.2) is 0 Å². The highest BCUT2D eigenvalue weighted by molar-refractivity contribution is 5.28. The fraction of sp³-hybridized carbons (Fsp3) is 0.500. The molecular formula is C24H36N2O2. The standard InChI is InChI=1S/C24H36N2O2/c1-5-21(17-27-3)25-23(19-13-9-7-10-14-19)24(20-15-11-8-12-16-20)26-22(6-2)18-28-4/h7-16,21-26H,5-6,17-18H2,1-4H3/t21-,22-,23+,24+/m1/s1. The van der Waals surface area contributed by atoms with Crippen molar-refractivity contribution in [2.75, 3.05) is 27.4 Å². The van der Waals surface area contributed by atoms with Crippen molar-refractivity contribution < 1.29 is 9.47 Å². The molecule has 0 aliphatic carbocycles. The van der Waals surface area contributed by atoms with Gasteiger partial charge < -0.3 is 20.1 Å². The van der Waals surface area contributed by atoms with Crippen molar-refractivity contribution in [1.82, 2.24) is 10.6 Å². The largest absolute Gasteiger partial charge is 0.383 e. The second-order valence-corrected chi connectivity index (χ2v) is 7.23. The predicted molar refractivity (Wildman–Crippen MR) is 117 cm³/mol. The van der Waals surface area contributed by atoms with Crippen LogP contribution < -0.4 is 10.6 Å². The lowest BCUT2D eigenvalue weighted by Crippen LogP contribution is -2.45. The van der Waals surface area contributed by atoms with E-state index >= 15 is 0 Å². The van der Waals surface area contributed by atoms with Gasteiger partial charge in [0.1, 0.15) is 0 Å². The summed E-state index contributed by atoms with van der Waals surface area (Å²) in [6.45, 7) is 5.78. The first kappa shape index (κ1) is 22.6. The molecule has 0 saturated carbocycles. The highest BCUT2D eigenvalue weighted by Gasteiger charge is 2.28. The van der Waals surface area contributed by atoms with Gasteiger partial charge in [-0.1, -0.05) is 74.5 Å². The summed E-state index contributed by atoms with van der Waals surface area (Å²) in [6, 6.07) is 22.2. The van der Waals surface area contributed by atoms with Gasteiger partial charge >= 0.3 is 0 Å². The molecule has 28 heavy (non-hydrogen) atoms. The van der Waals surface area contributed by atoms with Gasteiger partial charge in [0.15, 0.2) is 0 Å². The lowest BCUT2D eigenvalue weighted by atomic mass is 9.91. The average Bonchev–Trinajstić information content (AvgIpc) is 2.75. The van der Waals surface area contributed by atoms with Crippen LogP contribution in [-0.4, -0.2) is 39.5 Å². The number of hydrogen-bond donors (Lipinski definition) is 2. The molecule has 0 fully saturated rings. The van der Waals surface area contributed by atoms with E-state index in [1.54, 1.807) is 14.2 Å². The molecule has 0 aliphatic rings. The lowest BCUT2D eigenvalue weighted by Gasteiger charge is -2.35. The molecule has 0 aromatic heterocycles. The molecule has 0 amide bonds. The number of hydrogen-bond acceptors (Lipinski definition) is 4. The number of rotatable bonds is 13. The molecule has 2 rings (SSSR count). The Bertz CT molecular complexity index is 578. The number of benzene rings is 2. The Morgan fingerprint density at radius 2 is 1.00 bits per heavy atom. The third-order valence-corrected chi connectivity index (χ3v) is 5.20. The summed E-state index contributed by atoms with van der Waals surface area (Å²) in [4.78, 5) is 0. The van der Waals surface area contributed by atoms with Crippen LogP contribution in [0.5, 0.6) is 0 Å². The van der Waals surface area contributed by atoms with E-state index < -0.39 is 0 Å². The molecule has 0 aliphatic heterocycles. The second-order valence-electron chi connectivity index (χ2n) is 7.23. The molecule has 4 atom stereocenters.